The second-order valence-corrected chi connectivity index (χ2v) is 9.11. The summed E-state index contributed by atoms with van der Waals surface area (Å²) in [5, 5.41) is 21.5. The second kappa shape index (κ2) is 9.21. The summed E-state index contributed by atoms with van der Waals surface area (Å²) >= 11 is 0. The number of carbonyl (C=O) groups excluding carboxylic acids is 2. The summed E-state index contributed by atoms with van der Waals surface area (Å²) in [6.45, 7) is -0.469. The Kier molecular flexibility index (Phi) is 6.10. The summed E-state index contributed by atoms with van der Waals surface area (Å²) in [6.07, 6.45) is 8.91. The first-order valence-corrected chi connectivity index (χ1v) is 11.6. The van der Waals surface area contributed by atoms with Crippen LogP contribution in [0.1, 0.15) is 47.9 Å². The Bertz CT molecular complexity index is 1250. The highest BCUT2D eigenvalue weighted by Gasteiger charge is 2.40. The average Bonchev–Trinajstić information content (AvgIpc) is 3.61. The van der Waals surface area contributed by atoms with Gasteiger partial charge in [-0.1, -0.05) is 10.9 Å². The van der Waals surface area contributed by atoms with E-state index in [1.807, 2.05) is 0 Å². The topological polar surface area (TPSA) is 111 Å². The van der Waals surface area contributed by atoms with E-state index in [1.165, 1.54) is 22.3 Å². The molecule has 184 valence electrons. The Balaban J connectivity index is 1.32. The van der Waals surface area contributed by atoms with Crippen molar-refractivity contribution in [3.05, 3.63) is 64.7 Å². The fourth-order valence-corrected chi connectivity index (χ4v) is 4.93. The SMILES string of the molecule is O=C(CCC(O)(Cn1cc(F)cn1)C(=O)On1cc(F)cn1)Nc1c2c(cc3c1CCC3)CCC2. The molecule has 1 amide bonds. The monoisotopic (exact) mass is 485 g/mol. The van der Waals surface area contributed by atoms with E-state index >= 15 is 0 Å². The predicted molar refractivity (Wildman–Crippen MR) is 119 cm³/mol. The van der Waals surface area contributed by atoms with Gasteiger partial charge in [-0.3, -0.25) is 9.48 Å². The number of aryl methyl sites for hydroxylation is 2. The molecule has 0 saturated heterocycles. The number of hydrogen-bond donors (Lipinski definition) is 2. The van der Waals surface area contributed by atoms with Gasteiger partial charge in [0.2, 0.25) is 5.91 Å². The van der Waals surface area contributed by atoms with Crippen LogP contribution in [0, 0.1) is 11.6 Å². The van der Waals surface area contributed by atoms with Crippen LogP contribution in [0.3, 0.4) is 0 Å². The molecule has 2 aromatic heterocycles. The van der Waals surface area contributed by atoms with Crippen molar-refractivity contribution in [1.82, 2.24) is 19.7 Å². The van der Waals surface area contributed by atoms with Crippen LogP contribution in [-0.4, -0.2) is 42.3 Å². The van der Waals surface area contributed by atoms with Crippen molar-refractivity contribution < 1.29 is 28.3 Å². The molecule has 0 spiro atoms. The van der Waals surface area contributed by atoms with Crippen molar-refractivity contribution in [2.75, 3.05) is 5.32 Å². The van der Waals surface area contributed by atoms with Crippen LogP contribution in [-0.2, 0) is 41.8 Å². The van der Waals surface area contributed by atoms with Gasteiger partial charge in [-0.25, -0.2) is 13.6 Å². The number of amides is 1. The molecule has 35 heavy (non-hydrogen) atoms. The number of rotatable bonds is 8. The van der Waals surface area contributed by atoms with Crippen molar-refractivity contribution in [2.45, 2.75) is 63.5 Å². The van der Waals surface area contributed by atoms with Gasteiger partial charge in [0, 0.05) is 12.1 Å². The Morgan fingerprint density at radius 1 is 1.03 bits per heavy atom. The van der Waals surface area contributed by atoms with E-state index in [2.05, 4.69) is 21.6 Å². The Labute approximate surface area is 199 Å². The summed E-state index contributed by atoms with van der Waals surface area (Å²) in [4.78, 5) is 31.3. The number of carbonyl (C=O) groups is 2. The minimum atomic E-state index is -2.25. The highest BCUT2D eigenvalue weighted by atomic mass is 19.1. The molecule has 1 aromatic carbocycles. The molecule has 0 bridgehead atoms. The number of nitrogens with one attached hydrogen (secondary N) is 1. The maximum absolute atomic E-state index is 13.4. The third-order valence-corrected chi connectivity index (χ3v) is 6.61. The van der Waals surface area contributed by atoms with E-state index in [9.17, 15) is 23.5 Å². The van der Waals surface area contributed by atoms with Crippen LogP contribution in [0.25, 0.3) is 0 Å². The molecule has 2 N–H and O–H groups in total. The van der Waals surface area contributed by atoms with E-state index < -0.39 is 29.7 Å². The summed E-state index contributed by atoms with van der Waals surface area (Å²) in [7, 11) is 0. The van der Waals surface area contributed by atoms with Gasteiger partial charge in [-0.15, -0.1) is 5.10 Å². The van der Waals surface area contributed by atoms with E-state index in [0.717, 1.165) is 73.7 Å². The molecule has 1 atom stereocenters. The fraction of sp³-hybridized carbons (Fsp3) is 0.417. The number of nitrogens with zero attached hydrogens (tertiary/aromatic N) is 4. The number of anilines is 1. The number of hydrogen-bond acceptors (Lipinski definition) is 6. The highest BCUT2D eigenvalue weighted by Crippen LogP contribution is 2.38. The average molecular weight is 485 g/mol. The number of fused-ring (bicyclic) bond motifs is 2. The molecule has 0 saturated carbocycles. The van der Waals surface area contributed by atoms with Crippen molar-refractivity contribution >= 4 is 17.6 Å². The van der Waals surface area contributed by atoms with Gasteiger partial charge in [0.05, 0.1) is 25.1 Å². The first-order valence-electron chi connectivity index (χ1n) is 11.6. The maximum Gasteiger partial charge on any atom is 0.368 e. The minimum absolute atomic E-state index is 0.207. The number of aliphatic hydroxyl groups is 1. The van der Waals surface area contributed by atoms with E-state index in [-0.39, 0.29) is 18.7 Å². The molecule has 2 aliphatic rings. The van der Waals surface area contributed by atoms with Gasteiger partial charge < -0.3 is 15.3 Å². The number of halogens is 2. The molecule has 2 heterocycles. The van der Waals surface area contributed by atoms with Crippen LogP contribution < -0.4 is 10.2 Å². The molecular weight excluding hydrogens is 460 g/mol. The smallest absolute Gasteiger partial charge is 0.368 e. The predicted octanol–water partition coefficient (Wildman–Crippen LogP) is 2.14. The first-order chi connectivity index (χ1) is 16.8. The van der Waals surface area contributed by atoms with Crippen LogP contribution in [0.15, 0.2) is 30.9 Å². The van der Waals surface area contributed by atoms with Gasteiger partial charge in [0.25, 0.3) is 0 Å². The highest BCUT2D eigenvalue weighted by molar-refractivity contribution is 5.94. The fourth-order valence-electron chi connectivity index (χ4n) is 4.93. The van der Waals surface area contributed by atoms with Crippen LogP contribution >= 0.6 is 0 Å². The standard InChI is InChI=1S/C24H25F2N5O4/c25-17-10-27-30(12-17)14-24(34,23(33)35-31-13-18(26)11-28-31)8-7-21(32)29-22-19-5-1-3-15(19)9-16-4-2-6-20(16)22/h9-13,34H,1-8,14H2,(H,29,32). The molecule has 11 heteroatoms. The minimum Gasteiger partial charge on any atom is -0.377 e. The summed E-state index contributed by atoms with van der Waals surface area (Å²) in [5.74, 6) is -2.93. The first kappa shape index (κ1) is 23.2. The van der Waals surface area contributed by atoms with Crippen molar-refractivity contribution in [3.8, 4) is 0 Å². The lowest BCUT2D eigenvalue weighted by atomic mass is 9.96. The lowest BCUT2D eigenvalue weighted by Gasteiger charge is -2.25. The largest absolute Gasteiger partial charge is 0.377 e. The van der Waals surface area contributed by atoms with Crippen molar-refractivity contribution in [2.24, 2.45) is 0 Å². The zero-order valence-corrected chi connectivity index (χ0v) is 19.0. The third-order valence-electron chi connectivity index (χ3n) is 6.61. The molecule has 0 radical (unpaired) electrons. The van der Waals surface area contributed by atoms with Crippen molar-refractivity contribution in [3.63, 3.8) is 0 Å². The number of benzene rings is 1. The lowest BCUT2D eigenvalue weighted by molar-refractivity contribution is -0.170. The molecular formula is C24H25F2N5O4. The Morgan fingerprint density at radius 3 is 2.29 bits per heavy atom. The molecule has 3 aromatic rings. The summed E-state index contributed by atoms with van der Waals surface area (Å²) < 4.78 is 27.7. The molecule has 9 nitrogen and oxygen atoms in total. The lowest BCUT2D eigenvalue weighted by Crippen LogP contribution is -2.48. The number of aromatic nitrogens is 4. The Morgan fingerprint density at radius 2 is 1.69 bits per heavy atom. The zero-order chi connectivity index (χ0) is 24.6. The summed E-state index contributed by atoms with van der Waals surface area (Å²) in [6, 6.07) is 2.26. The second-order valence-electron chi connectivity index (χ2n) is 9.11. The zero-order valence-electron chi connectivity index (χ0n) is 19.0. The quantitative estimate of drug-likeness (QED) is 0.506. The van der Waals surface area contributed by atoms with E-state index in [4.69, 9.17) is 4.84 Å². The maximum atomic E-state index is 13.4. The van der Waals surface area contributed by atoms with E-state index in [1.54, 1.807) is 0 Å². The van der Waals surface area contributed by atoms with Gasteiger partial charge in [0.1, 0.15) is 6.20 Å². The van der Waals surface area contributed by atoms with Gasteiger partial charge in [0.15, 0.2) is 17.2 Å². The molecule has 0 fully saturated rings. The van der Waals surface area contributed by atoms with Crippen molar-refractivity contribution in [1.29, 1.82) is 0 Å². The van der Waals surface area contributed by atoms with Gasteiger partial charge >= 0.3 is 5.97 Å². The van der Waals surface area contributed by atoms with Gasteiger partial charge in [-0.05, 0) is 67.2 Å². The van der Waals surface area contributed by atoms with Crippen LogP contribution in [0.5, 0.6) is 0 Å². The molecule has 2 aliphatic carbocycles. The summed E-state index contributed by atoms with van der Waals surface area (Å²) in [5.41, 5.74) is 3.49. The molecule has 5 rings (SSSR count). The normalized spacial score (nSPS) is 16.0. The van der Waals surface area contributed by atoms with E-state index in [0.29, 0.717) is 4.85 Å². The molecule has 1 unspecified atom stereocenters. The van der Waals surface area contributed by atoms with Crippen LogP contribution in [0.4, 0.5) is 14.5 Å². The molecule has 0 aliphatic heterocycles. The Hall–Kier alpha value is -3.60. The third kappa shape index (κ3) is 4.81. The van der Waals surface area contributed by atoms with Gasteiger partial charge in [-0.2, -0.15) is 5.10 Å². The van der Waals surface area contributed by atoms with Crippen LogP contribution in [0.2, 0.25) is 0 Å².